The number of nitrogens with zero attached hydrogens (tertiary/aromatic N) is 1. The minimum Gasteiger partial charge on any atom is -0.325 e. The molecular weight excluding hydrogens is 260 g/mol. The predicted octanol–water partition coefficient (Wildman–Crippen LogP) is 3.54. The molecule has 120 valence electrons. The first-order valence-corrected chi connectivity index (χ1v) is 9.23. The fourth-order valence-electron chi connectivity index (χ4n) is 4.65. The molecule has 2 saturated carbocycles. The smallest absolute Gasteiger partial charge is 0.241 e. The van der Waals surface area contributed by atoms with Gasteiger partial charge in [0.25, 0.3) is 0 Å². The number of hydrogen-bond donors (Lipinski definition) is 1. The molecule has 0 spiro atoms. The maximum atomic E-state index is 12.9. The van der Waals surface area contributed by atoms with Crippen LogP contribution in [0.15, 0.2) is 0 Å². The molecule has 2 aliphatic carbocycles. The molecular formula is C18H32N2O. The molecule has 1 amide bonds. The monoisotopic (exact) mass is 292 g/mol. The second kappa shape index (κ2) is 6.68. The minimum absolute atomic E-state index is 0.0548. The number of rotatable bonds is 4. The van der Waals surface area contributed by atoms with Gasteiger partial charge in [0.1, 0.15) is 0 Å². The highest BCUT2D eigenvalue weighted by molar-refractivity contribution is 5.84. The Kier molecular flexibility index (Phi) is 4.88. The Bertz CT molecular complexity index is 356. The zero-order valence-electron chi connectivity index (χ0n) is 13.8. The molecule has 0 bridgehead atoms. The summed E-state index contributed by atoms with van der Waals surface area (Å²) in [5.74, 6) is 2.23. The second-order valence-electron chi connectivity index (χ2n) is 7.87. The molecule has 1 N–H and O–H groups in total. The second-order valence-corrected chi connectivity index (χ2v) is 7.87. The van der Waals surface area contributed by atoms with Crippen LogP contribution >= 0.6 is 0 Å². The highest BCUT2D eigenvalue weighted by Crippen LogP contribution is 2.35. The Hall–Kier alpha value is -0.570. The van der Waals surface area contributed by atoms with Gasteiger partial charge in [-0.3, -0.25) is 10.1 Å². The molecule has 1 saturated heterocycles. The summed E-state index contributed by atoms with van der Waals surface area (Å²) < 4.78 is 0. The minimum atomic E-state index is 0.0548. The van der Waals surface area contributed by atoms with Crippen molar-refractivity contribution in [3.05, 3.63) is 0 Å². The van der Waals surface area contributed by atoms with Gasteiger partial charge in [0.05, 0.1) is 12.2 Å². The Balaban J connectivity index is 1.70. The summed E-state index contributed by atoms with van der Waals surface area (Å²) in [7, 11) is 0. The number of amides is 1. The van der Waals surface area contributed by atoms with Gasteiger partial charge in [-0.25, -0.2) is 0 Å². The third kappa shape index (κ3) is 3.28. The van der Waals surface area contributed by atoms with Gasteiger partial charge >= 0.3 is 0 Å². The maximum Gasteiger partial charge on any atom is 0.241 e. The lowest BCUT2D eigenvalue weighted by Gasteiger charge is -2.33. The van der Waals surface area contributed by atoms with Crippen molar-refractivity contribution < 1.29 is 4.79 Å². The highest BCUT2D eigenvalue weighted by atomic mass is 16.2. The van der Waals surface area contributed by atoms with Gasteiger partial charge in [0.2, 0.25) is 5.91 Å². The normalized spacial score (nSPS) is 32.5. The molecule has 21 heavy (non-hydrogen) atoms. The molecule has 3 nitrogen and oxygen atoms in total. The number of carbonyl (C=O) groups excluding carboxylic acids is 1. The topological polar surface area (TPSA) is 32.3 Å². The molecule has 2 unspecified atom stereocenters. The van der Waals surface area contributed by atoms with Gasteiger partial charge in [-0.2, -0.15) is 0 Å². The van der Waals surface area contributed by atoms with Crippen molar-refractivity contribution in [1.29, 1.82) is 0 Å². The Morgan fingerprint density at radius 2 is 1.67 bits per heavy atom. The number of nitrogens with one attached hydrogen (secondary N) is 1. The van der Waals surface area contributed by atoms with E-state index in [9.17, 15) is 4.79 Å². The van der Waals surface area contributed by atoms with Gasteiger partial charge in [-0.15, -0.1) is 0 Å². The van der Waals surface area contributed by atoms with E-state index in [2.05, 4.69) is 24.1 Å². The lowest BCUT2D eigenvalue weighted by molar-refractivity contribution is -0.132. The molecule has 1 aliphatic heterocycles. The SMILES string of the molecule is CC(C)C1NC(C2CCCC2)N(CC2CCCCC2)C1=O. The molecule has 2 atom stereocenters. The molecule has 0 aromatic heterocycles. The first-order valence-electron chi connectivity index (χ1n) is 9.23. The van der Waals surface area contributed by atoms with Crippen molar-refractivity contribution in [2.45, 2.75) is 83.8 Å². The van der Waals surface area contributed by atoms with Crippen LogP contribution in [0.1, 0.15) is 71.6 Å². The average Bonchev–Trinajstić information content (AvgIpc) is 3.09. The van der Waals surface area contributed by atoms with Crippen LogP contribution in [-0.2, 0) is 4.79 Å². The van der Waals surface area contributed by atoms with Crippen LogP contribution in [0.2, 0.25) is 0 Å². The summed E-state index contributed by atoms with van der Waals surface area (Å²) in [4.78, 5) is 15.1. The fourth-order valence-corrected chi connectivity index (χ4v) is 4.65. The molecule has 3 aliphatic rings. The number of carbonyl (C=O) groups is 1. The molecule has 0 radical (unpaired) electrons. The van der Waals surface area contributed by atoms with E-state index in [1.165, 1.54) is 57.8 Å². The van der Waals surface area contributed by atoms with Gasteiger partial charge in [-0.1, -0.05) is 46.0 Å². The number of hydrogen-bond acceptors (Lipinski definition) is 2. The van der Waals surface area contributed by atoms with Crippen LogP contribution in [0.5, 0.6) is 0 Å². The van der Waals surface area contributed by atoms with E-state index >= 15 is 0 Å². The molecule has 3 rings (SSSR count). The molecule has 3 heteroatoms. The van der Waals surface area contributed by atoms with Crippen LogP contribution in [-0.4, -0.2) is 29.6 Å². The summed E-state index contributed by atoms with van der Waals surface area (Å²) in [6.45, 7) is 5.35. The third-order valence-electron chi connectivity index (χ3n) is 5.93. The Morgan fingerprint density at radius 1 is 1.05 bits per heavy atom. The Labute approximate surface area is 129 Å². The van der Waals surface area contributed by atoms with Crippen molar-refractivity contribution in [2.24, 2.45) is 17.8 Å². The van der Waals surface area contributed by atoms with Crippen molar-refractivity contribution in [3.8, 4) is 0 Å². The van der Waals surface area contributed by atoms with E-state index in [0.29, 0.717) is 23.9 Å². The van der Waals surface area contributed by atoms with E-state index in [0.717, 1.165) is 12.5 Å². The van der Waals surface area contributed by atoms with Crippen LogP contribution in [0, 0.1) is 17.8 Å². The summed E-state index contributed by atoms with van der Waals surface area (Å²) in [6.07, 6.45) is 12.4. The summed E-state index contributed by atoms with van der Waals surface area (Å²) in [6, 6.07) is 0.0548. The third-order valence-corrected chi connectivity index (χ3v) is 5.93. The van der Waals surface area contributed by atoms with E-state index in [1.54, 1.807) is 0 Å². The fraction of sp³-hybridized carbons (Fsp3) is 0.944. The van der Waals surface area contributed by atoms with Crippen LogP contribution in [0.25, 0.3) is 0 Å². The van der Waals surface area contributed by atoms with Crippen LogP contribution < -0.4 is 5.32 Å². The van der Waals surface area contributed by atoms with E-state index in [4.69, 9.17) is 0 Å². The quantitative estimate of drug-likeness (QED) is 0.859. The lowest BCUT2D eigenvalue weighted by atomic mass is 9.88. The van der Waals surface area contributed by atoms with Crippen LogP contribution in [0.4, 0.5) is 0 Å². The van der Waals surface area contributed by atoms with Gasteiger partial charge in [-0.05, 0) is 43.4 Å². The highest BCUT2D eigenvalue weighted by Gasteiger charge is 2.44. The molecule has 1 heterocycles. The zero-order valence-corrected chi connectivity index (χ0v) is 13.8. The zero-order chi connectivity index (χ0) is 14.8. The first kappa shape index (κ1) is 15.3. The summed E-state index contributed by atoms with van der Waals surface area (Å²) in [5.41, 5.74) is 0. The van der Waals surface area contributed by atoms with Gasteiger partial charge in [0.15, 0.2) is 0 Å². The van der Waals surface area contributed by atoms with Gasteiger partial charge in [0, 0.05) is 6.54 Å². The van der Waals surface area contributed by atoms with Crippen molar-refractivity contribution in [2.75, 3.05) is 6.54 Å². The summed E-state index contributed by atoms with van der Waals surface area (Å²) >= 11 is 0. The van der Waals surface area contributed by atoms with Crippen LogP contribution in [0.3, 0.4) is 0 Å². The molecule has 3 fully saturated rings. The van der Waals surface area contributed by atoms with Crippen molar-refractivity contribution in [1.82, 2.24) is 10.2 Å². The van der Waals surface area contributed by atoms with E-state index < -0.39 is 0 Å². The van der Waals surface area contributed by atoms with E-state index in [-0.39, 0.29) is 6.04 Å². The lowest BCUT2D eigenvalue weighted by Crippen LogP contribution is -2.45. The average molecular weight is 292 g/mol. The van der Waals surface area contributed by atoms with E-state index in [1.807, 2.05) is 0 Å². The summed E-state index contributed by atoms with van der Waals surface area (Å²) in [5, 5.41) is 3.70. The van der Waals surface area contributed by atoms with Crippen molar-refractivity contribution >= 4 is 5.91 Å². The maximum absolute atomic E-state index is 12.9. The predicted molar refractivity (Wildman–Crippen MR) is 85.8 cm³/mol. The Morgan fingerprint density at radius 3 is 2.29 bits per heavy atom. The largest absolute Gasteiger partial charge is 0.325 e. The first-order chi connectivity index (χ1) is 10.2. The molecule has 0 aromatic carbocycles. The standard InChI is InChI=1S/C18H32N2O/c1-13(2)16-18(21)20(12-14-8-4-3-5-9-14)17(19-16)15-10-6-7-11-15/h13-17,19H,3-12H2,1-2H3. The molecule has 0 aromatic rings. The van der Waals surface area contributed by atoms with Gasteiger partial charge < -0.3 is 4.90 Å². The van der Waals surface area contributed by atoms with Crippen molar-refractivity contribution in [3.63, 3.8) is 0 Å².